The van der Waals surface area contributed by atoms with Gasteiger partial charge in [-0.2, -0.15) is 0 Å². The minimum atomic E-state index is -0.338. The number of hydrogen-bond acceptors (Lipinski definition) is 5. The summed E-state index contributed by atoms with van der Waals surface area (Å²) >= 11 is 0. The van der Waals surface area contributed by atoms with Crippen molar-refractivity contribution < 1.29 is 23.7 Å². The van der Waals surface area contributed by atoms with Crippen molar-refractivity contribution in [2.75, 3.05) is 20.8 Å². The summed E-state index contributed by atoms with van der Waals surface area (Å²) in [7, 11) is 3.09. The predicted octanol–water partition coefficient (Wildman–Crippen LogP) is 7.53. The summed E-state index contributed by atoms with van der Waals surface area (Å²) in [5.74, 6) is 1.20. The van der Waals surface area contributed by atoms with Gasteiger partial charge >= 0.3 is 5.97 Å². The molecule has 0 spiro atoms. The Hall–Kier alpha value is -3.15. The van der Waals surface area contributed by atoms with Crippen molar-refractivity contribution in [1.82, 2.24) is 0 Å². The van der Waals surface area contributed by atoms with Crippen LogP contribution >= 0.6 is 0 Å². The Bertz CT molecular complexity index is 1160. The fourth-order valence-corrected chi connectivity index (χ4v) is 5.29. The molecule has 4 rings (SSSR count). The number of carbonyl (C=O) groups is 1. The van der Waals surface area contributed by atoms with E-state index in [1.165, 1.54) is 39.2 Å². The molecule has 38 heavy (non-hydrogen) atoms. The Kier molecular flexibility index (Phi) is 10.4. The maximum atomic E-state index is 12.5. The zero-order chi connectivity index (χ0) is 26.7. The van der Waals surface area contributed by atoms with E-state index in [9.17, 15) is 4.79 Å². The van der Waals surface area contributed by atoms with Crippen LogP contribution in [0.1, 0.15) is 65.6 Å². The number of carbonyl (C=O) groups excluding carboxylic acids is 1. The second-order valence-corrected chi connectivity index (χ2v) is 10.2. The van der Waals surface area contributed by atoms with Gasteiger partial charge in [0.15, 0.2) is 0 Å². The first kappa shape index (κ1) is 27.9. The normalized spacial score (nSPS) is 14.7. The van der Waals surface area contributed by atoms with Gasteiger partial charge in [-0.05, 0) is 71.3 Å². The van der Waals surface area contributed by atoms with Crippen LogP contribution in [-0.2, 0) is 27.4 Å². The van der Waals surface area contributed by atoms with Gasteiger partial charge in [0.25, 0.3) is 0 Å². The first-order valence-corrected chi connectivity index (χ1v) is 13.7. The smallest absolute Gasteiger partial charge is 0.338 e. The maximum absolute atomic E-state index is 12.5. The molecule has 0 heterocycles. The molecule has 3 aromatic rings. The van der Waals surface area contributed by atoms with E-state index in [1.807, 2.05) is 60.7 Å². The van der Waals surface area contributed by atoms with Crippen LogP contribution < -0.4 is 4.74 Å². The van der Waals surface area contributed by atoms with Gasteiger partial charge in [-0.15, -0.1) is 0 Å². The fraction of sp³-hybridized carbons (Fsp3) is 0.424. The number of esters is 1. The Morgan fingerprint density at radius 1 is 0.868 bits per heavy atom. The second-order valence-electron chi connectivity index (χ2n) is 10.2. The molecule has 1 aliphatic carbocycles. The molecule has 5 nitrogen and oxygen atoms in total. The lowest BCUT2D eigenvalue weighted by molar-refractivity contribution is -0.0424. The maximum Gasteiger partial charge on any atom is 0.338 e. The van der Waals surface area contributed by atoms with Crippen molar-refractivity contribution in [2.24, 2.45) is 5.92 Å². The van der Waals surface area contributed by atoms with Crippen LogP contribution in [0.15, 0.2) is 66.7 Å². The van der Waals surface area contributed by atoms with Crippen LogP contribution in [0.3, 0.4) is 0 Å². The number of methoxy groups -OCH3 is 2. The highest BCUT2D eigenvalue weighted by molar-refractivity contribution is 5.97. The molecule has 1 saturated carbocycles. The highest BCUT2D eigenvalue weighted by Crippen LogP contribution is 2.30. The molecular formula is C33H40O5. The van der Waals surface area contributed by atoms with E-state index in [0.29, 0.717) is 31.3 Å². The zero-order valence-corrected chi connectivity index (χ0v) is 22.9. The first-order valence-electron chi connectivity index (χ1n) is 13.7. The third kappa shape index (κ3) is 7.68. The van der Waals surface area contributed by atoms with Gasteiger partial charge in [0, 0.05) is 0 Å². The van der Waals surface area contributed by atoms with Crippen molar-refractivity contribution in [3.05, 3.63) is 89.0 Å². The highest BCUT2D eigenvalue weighted by Gasteiger charge is 2.21. The molecule has 0 saturated heterocycles. The molecule has 1 aliphatic rings. The van der Waals surface area contributed by atoms with Gasteiger partial charge in [-0.25, -0.2) is 4.79 Å². The summed E-state index contributed by atoms with van der Waals surface area (Å²) in [5.41, 5.74) is 5.69. The molecule has 0 aromatic heterocycles. The number of ether oxygens (including phenoxy) is 4. The zero-order valence-electron chi connectivity index (χ0n) is 22.9. The van der Waals surface area contributed by atoms with Crippen LogP contribution in [0.5, 0.6) is 5.75 Å². The van der Waals surface area contributed by atoms with Gasteiger partial charge < -0.3 is 18.9 Å². The Balaban J connectivity index is 1.43. The molecule has 1 atom stereocenters. The van der Waals surface area contributed by atoms with E-state index in [0.717, 1.165) is 40.0 Å². The van der Waals surface area contributed by atoms with Crippen LogP contribution in [0.4, 0.5) is 0 Å². The second kappa shape index (κ2) is 14.1. The van der Waals surface area contributed by atoms with Gasteiger partial charge in [0.05, 0.1) is 45.7 Å². The Morgan fingerprint density at radius 2 is 1.61 bits per heavy atom. The Morgan fingerprint density at radius 3 is 2.32 bits per heavy atom. The van der Waals surface area contributed by atoms with Crippen LogP contribution in [0.2, 0.25) is 0 Å². The standard InChI is InChI=1S/C33H40O5/c1-24-9-7-8-12-30(24)32-20-27(15-18-31(32)33(34)36-3)21-37-23-29(19-25-10-5-4-6-11-25)38-22-26-13-16-28(35-2)17-14-26/h7-9,12-18,20,25,29H,4-6,10-11,19,21-23H2,1-3H3/t29-/m0/s1. The molecule has 0 aliphatic heterocycles. The molecule has 0 unspecified atom stereocenters. The molecule has 0 N–H and O–H groups in total. The first-order chi connectivity index (χ1) is 18.6. The average molecular weight is 517 g/mol. The molecule has 1 fully saturated rings. The molecule has 202 valence electrons. The predicted molar refractivity (Wildman–Crippen MR) is 150 cm³/mol. The van der Waals surface area contributed by atoms with Crippen LogP contribution in [0, 0.1) is 12.8 Å². The lowest BCUT2D eigenvalue weighted by Crippen LogP contribution is -2.24. The van der Waals surface area contributed by atoms with Crippen molar-refractivity contribution in [2.45, 2.75) is 64.8 Å². The summed E-state index contributed by atoms with van der Waals surface area (Å²) < 4.78 is 22.9. The SMILES string of the molecule is COC(=O)c1ccc(COC[C@H](CC2CCCCC2)OCc2ccc(OC)cc2)cc1-c1ccccc1C. The van der Waals surface area contributed by atoms with Crippen LogP contribution in [0.25, 0.3) is 11.1 Å². The van der Waals surface area contributed by atoms with E-state index in [2.05, 4.69) is 13.0 Å². The molecular weight excluding hydrogens is 476 g/mol. The van der Waals surface area contributed by atoms with Gasteiger partial charge in [0.2, 0.25) is 0 Å². The summed E-state index contributed by atoms with van der Waals surface area (Å²) in [6.07, 6.45) is 7.57. The van der Waals surface area contributed by atoms with E-state index < -0.39 is 0 Å². The van der Waals surface area contributed by atoms with Gasteiger partial charge in [-0.1, -0.05) is 74.6 Å². The topological polar surface area (TPSA) is 54.0 Å². The van der Waals surface area contributed by atoms with Crippen molar-refractivity contribution >= 4 is 5.97 Å². The van der Waals surface area contributed by atoms with Gasteiger partial charge in [0.1, 0.15) is 5.75 Å². The van der Waals surface area contributed by atoms with Crippen molar-refractivity contribution in [1.29, 1.82) is 0 Å². The fourth-order valence-electron chi connectivity index (χ4n) is 5.29. The van der Waals surface area contributed by atoms with Crippen LogP contribution in [-0.4, -0.2) is 32.9 Å². The van der Waals surface area contributed by atoms with Crippen molar-refractivity contribution in [3.63, 3.8) is 0 Å². The van der Waals surface area contributed by atoms with E-state index in [-0.39, 0.29) is 12.1 Å². The lowest BCUT2D eigenvalue weighted by atomic mass is 9.85. The van der Waals surface area contributed by atoms with E-state index >= 15 is 0 Å². The minimum absolute atomic E-state index is 0.0328. The number of rotatable bonds is 12. The number of aryl methyl sites for hydroxylation is 1. The summed E-state index contributed by atoms with van der Waals surface area (Å²) in [6.45, 7) is 3.59. The third-order valence-electron chi connectivity index (χ3n) is 7.46. The summed E-state index contributed by atoms with van der Waals surface area (Å²) in [4.78, 5) is 12.5. The molecule has 5 heteroatoms. The van der Waals surface area contributed by atoms with Crippen molar-refractivity contribution in [3.8, 4) is 16.9 Å². The average Bonchev–Trinajstić information content (AvgIpc) is 2.96. The van der Waals surface area contributed by atoms with Gasteiger partial charge in [-0.3, -0.25) is 0 Å². The molecule has 0 radical (unpaired) electrons. The summed E-state index contributed by atoms with van der Waals surface area (Å²) in [6, 6.07) is 21.9. The number of hydrogen-bond donors (Lipinski definition) is 0. The molecule has 0 bridgehead atoms. The molecule has 0 amide bonds. The third-order valence-corrected chi connectivity index (χ3v) is 7.46. The van der Waals surface area contributed by atoms with E-state index in [1.54, 1.807) is 7.11 Å². The quantitative estimate of drug-likeness (QED) is 0.233. The largest absolute Gasteiger partial charge is 0.497 e. The lowest BCUT2D eigenvalue weighted by Gasteiger charge is -2.27. The molecule has 3 aromatic carbocycles. The summed E-state index contributed by atoms with van der Waals surface area (Å²) in [5, 5.41) is 0. The monoisotopic (exact) mass is 516 g/mol. The van der Waals surface area contributed by atoms with E-state index in [4.69, 9.17) is 18.9 Å². The number of benzene rings is 3. The highest BCUT2D eigenvalue weighted by atomic mass is 16.5. The Labute approximate surface area is 227 Å². The minimum Gasteiger partial charge on any atom is -0.497 e.